The Morgan fingerprint density at radius 2 is 2.06 bits per heavy atom. The van der Waals surface area contributed by atoms with Crippen molar-refractivity contribution < 1.29 is 5.11 Å². The highest BCUT2D eigenvalue weighted by Crippen LogP contribution is 2.05. The molecule has 1 heterocycles. The van der Waals surface area contributed by atoms with Crippen molar-refractivity contribution in [3.8, 4) is 0 Å². The van der Waals surface area contributed by atoms with Crippen LogP contribution in [0.25, 0.3) is 0 Å². The molecule has 1 aromatic heterocycles. The molecule has 2 N–H and O–H groups in total. The smallest absolute Gasteiger partial charge is 0.0431 e. The first kappa shape index (κ1) is 14.3. The van der Waals surface area contributed by atoms with Gasteiger partial charge in [0.05, 0.1) is 0 Å². The molecule has 0 atom stereocenters. The van der Waals surface area contributed by atoms with Crippen LogP contribution in [0.5, 0.6) is 0 Å². The maximum absolute atomic E-state index is 8.68. The van der Waals surface area contributed by atoms with Crippen LogP contribution in [0.3, 0.4) is 0 Å². The summed E-state index contributed by atoms with van der Waals surface area (Å²) in [5, 5.41) is 12.1. The minimum Gasteiger partial charge on any atom is -0.396 e. The van der Waals surface area contributed by atoms with Crippen molar-refractivity contribution in [2.75, 3.05) is 13.2 Å². The van der Waals surface area contributed by atoms with E-state index >= 15 is 0 Å². The van der Waals surface area contributed by atoms with Gasteiger partial charge in [0.1, 0.15) is 0 Å². The Morgan fingerprint density at radius 1 is 1.24 bits per heavy atom. The summed E-state index contributed by atoms with van der Waals surface area (Å²) < 4.78 is 2.27. The standard InChI is InChI=1S/C14H26N2O/c1-2-8-15-12-14-7-10-16(13-14)9-5-3-4-6-11-17/h7,10,13,15,17H,2-6,8-9,11-12H2,1H3. The molecule has 17 heavy (non-hydrogen) atoms. The fourth-order valence-corrected chi connectivity index (χ4v) is 1.90. The van der Waals surface area contributed by atoms with Crippen LogP contribution >= 0.6 is 0 Å². The molecular weight excluding hydrogens is 212 g/mol. The minimum absolute atomic E-state index is 0.330. The molecular formula is C14H26N2O. The SMILES string of the molecule is CCCNCc1ccn(CCCCCCO)c1. The van der Waals surface area contributed by atoms with Crippen molar-refractivity contribution in [1.82, 2.24) is 9.88 Å². The zero-order chi connectivity index (χ0) is 12.3. The number of aliphatic hydroxyl groups is 1. The lowest BCUT2D eigenvalue weighted by atomic mass is 10.2. The van der Waals surface area contributed by atoms with Crippen molar-refractivity contribution in [3.05, 3.63) is 24.0 Å². The van der Waals surface area contributed by atoms with Crippen LogP contribution in [-0.4, -0.2) is 22.8 Å². The number of hydrogen-bond acceptors (Lipinski definition) is 2. The molecule has 0 bridgehead atoms. The normalized spacial score (nSPS) is 10.9. The molecule has 0 aliphatic heterocycles. The van der Waals surface area contributed by atoms with Crippen molar-refractivity contribution in [2.24, 2.45) is 0 Å². The lowest BCUT2D eigenvalue weighted by Gasteiger charge is -2.03. The molecule has 0 fully saturated rings. The van der Waals surface area contributed by atoms with Gasteiger partial charge in [-0.1, -0.05) is 19.8 Å². The number of aromatic nitrogens is 1. The van der Waals surface area contributed by atoms with Crippen LogP contribution in [0.1, 0.15) is 44.6 Å². The third-order valence-corrected chi connectivity index (χ3v) is 2.89. The molecule has 0 amide bonds. The van der Waals surface area contributed by atoms with Gasteiger partial charge in [-0.2, -0.15) is 0 Å². The van der Waals surface area contributed by atoms with E-state index in [4.69, 9.17) is 5.11 Å². The quantitative estimate of drug-likeness (QED) is 0.615. The van der Waals surface area contributed by atoms with Crippen molar-refractivity contribution in [3.63, 3.8) is 0 Å². The number of unbranched alkanes of at least 4 members (excludes halogenated alkanes) is 3. The van der Waals surface area contributed by atoms with Gasteiger partial charge in [-0.15, -0.1) is 0 Å². The van der Waals surface area contributed by atoms with Gasteiger partial charge in [-0.05, 0) is 37.4 Å². The Labute approximate surface area is 105 Å². The van der Waals surface area contributed by atoms with Gasteiger partial charge >= 0.3 is 0 Å². The molecule has 0 saturated carbocycles. The van der Waals surface area contributed by atoms with E-state index in [2.05, 4.69) is 35.3 Å². The lowest BCUT2D eigenvalue weighted by Crippen LogP contribution is -2.13. The van der Waals surface area contributed by atoms with Crippen molar-refractivity contribution >= 4 is 0 Å². The molecule has 1 aromatic rings. The van der Waals surface area contributed by atoms with E-state index in [9.17, 15) is 0 Å². The zero-order valence-electron chi connectivity index (χ0n) is 11.0. The Bertz CT molecular complexity index is 284. The predicted molar refractivity (Wildman–Crippen MR) is 72.0 cm³/mol. The van der Waals surface area contributed by atoms with Crippen LogP contribution in [0, 0.1) is 0 Å². The first-order valence-corrected chi connectivity index (χ1v) is 6.83. The van der Waals surface area contributed by atoms with E-state index in [1.807, 2.05) is 0 Å². The fourth-order valence-electron chi connectivity index (χ4n) is 1.90. The summed E-state index contributed by atoms with van der Waals surface area (Å²) in [5.74, 6) is 0. The van der Waals surface area contributed by atoms with E-state index < -0.39 is 0 Å². The summed E-state index contributed by atoms with van der Waals surface area (Å²) in [6, 6.07) is 2.19. The average molecular weight is 238 g/mol. The molecule has 0 aliphatic carbocycles. The van der Waals surface area contributed by atoms with E-state index in [0.29, 0.717) is 6.61 Å². The summed E-state index contributed by atoms with van der Waals surface area (Å²) in [5.41, 5.74) is 1.37. The molecule has 0 saturated heterocycles. The highest BCUT2D eigenvalue weighted by atomic mass is 16.2. The summed E-state index contributed by atoms with van der Waals surface area (Å²) in [4.78, 5) is 0. The maximum atomic E-state index is 8.68. The number of hydrogen-bond donors (Lipinski definition) is 2. The second-order valence-electron chi connectivity index (χ2n) is 4.57. The first-order valence-electron chi connectivity index (χ1n) is 6.83. The predicted octanol–water partition coefficient (Wildman–Crippen LogP) is 2.54. The maximum Gasteiger partial charge on any atom is 0.0431 e. The monoisotopic (exact) mass is 238 g/mol. The highest BCUT2D eigenvalue weighted by molar-refractivity contribution is 5.09. The van der Waals surface area contributed by atoms with Gasteiger partial charge in [0.25, 0.3) is 0 Å². The first-order chi connectivity index (χ1) is 8.36. The van der Waals surface area contributed by atoms with Crippen LogP contribution in [0.2, 0.25) is 0 Å². The van der Waals surface area contributed by atoms with E-state index in [-0.39, 0.29) is 0 Å². The number of rotatable bonds is 10. The van der Waals surface area contributed by atoms with Crippen LogP contribution < -0.4 is 5.32 Å². The fraction of sp³-hybridized carbons (Fsp3) is 0.714. The number of nitrogens with one attached hydrogen (secondary N) is 1. The third kappa shape index (κ3) is 6.49. The molecule has 1 rings (SSSR count). The minimum atomic E-state index is 0.330. The second-order valence-corrected chi connectivity index (χ2v) is 4.57. The molecule has 0 aromatic carbocycles. The molecule has 0 spiro atoms. The average Bonchev–Trinajstić information content (AvgIpc) is 2.77. The van der Waals surface area contributed by atoms with Gasteiger partial charge < -0.3 is 15.0 Å². The number of aliphatic hydroxyl groups excluding tert-OH is 1. The zero-order valence-corrected chi connectivity index (χ0v) is 11.0. The summed E-state index contributed by atoms with van der Waals surface area (Å²) in [6.45, 7) is 5.68. The Hall–Kier alpha value is -0.800. The lowest BCUT2D eigenvalue weighted by molar-refractivity contribution is 0.282. The topological polar surface area (TPSA) is 37.2 Å². The van der Waals surface area contributed by atoms with Gasteiger partial charge in [0.2, 0.25) is 0 Å². The molecule has 3 heteroatoms. The second kappa shape index (κ2) is 9.25. The van der Waals surface area contributed by atoms with E-state index in [0.717, 1.165) is 32.5 Å². The van der Waals surface area contributed by atoms with Gasteiger partial charge in [-0.25, -0.2) is 0 Å². The van der Waals surface area contributed by atoms with Crippen molar-refractivity contribution in [1.29, 1.82) is 0 Å². The Morgan fingerprint density at radius 3 is 2.82 bits per heavy atom. The molecule has 3 nitrogen and oxygen atoms in total. The molecule has 0 radical (unpaired) electrons. The highest BCUT2D eigenvalue weighted by Gasteiger charge is 1.96. The van der Waals surface area contributed by atoms with Crippen molar-refractivity contribution in [2.45, 2.75) is 52.1 Å². The van der Waals surface area contributed by atoms with Gasteiger partial charge in [-0.3, -0.25) is 0 Å². The van der Waals surface area contributed by atoms with E-state index in [1.165, 1.54) is 24.8 Å². The van der Waals surface area contributed by atoms with Crippen LogP contribution in [0.15, 0.2) is 18.5 Å². The molecule has 0 aliphatic rings. The van der Waals surface area contributed by atoms with Crippen LogP contribution in [-0.2, 0) is 13.1 Å². The molecule has 98 valence electrons. The Kier molecular flexibility index (Phi) is 7.76. The molecule has 0 unspecified atom stereocenters. The summed E-state index contributed by atoms with van der Waals surface area (Å²) >= 11 is 0. The number of nitrogens with zero attached hydrogens (tertiary/aromatic N) is 1. The Balaban J connectivity index is 2.12. The van der Waals surface area contributed by atoms with Gasteiger partial charge in [0.15, 0.2) is 0 Å². The number of aryl methyl sites for hydroxylation is 1. The van der Waals surface area contributed by atoms with Gasteiger partial charge in [0, 0.05) is 32.1 Å². The largest absolute Gasteiger partial charge is 0.396 e. The summed E-state index contributed by atoms with van der Waals surface area (Å²) in [6.07, 6.45) is 10.1. The summed E-state index contributed by atoms with van der Waals surface area (Å²) in [7, 11) is 0. The van der Waals surface area contributed by atoms with Crippen LogP contribution in [0.4, 0.5) is 0 Å². The third-order valence-electron chi connectivity index (χ3n) is 2.89. The van der Waals surface area contributed by atoms with E-state index in [1.54, 1.807) is 0 Å².